The number of rotatable bonds is 5. The van der Waals surface area contributed by atoms with Gasteiger partial charge in [0, 0.05) is 64.8 Å². The van der Waals surface area contributed by atoms with Gasteiger partial charge < -0.3 is 14.8 Å². The van der Waals surface area contributed by atoms with Crippen LogP contribution >= 0.6 is 0 Å². The molecule has 2 fully saturated rings. The third kappa shape index (κ3) is 3.15. The van der Waals surface area contributed by atoms with Crippen molar-refractivity contribution in [3.05, 3.63) is 12.4 Å². The Labute approximate surface area is 122 Å². The van der Waals surface area contributed by atoms with Crippen molar-refractivity contribution in [3.63, 3.8) is 0 Å². The van der Waals surface area contributed by atoms with Crippen LogP contribution in [0.1, 0.15) is 31.7 Å². The van der Waals surface area contributed by atoms with Crippen molar-refractivity contribution < 1.29 is 0 Å². The van der Waals surface area contributed by atoms with Crippen LogP contribution in [0.25, 0.3) is 0 Å². The first-order valence-electron chi connectivity index (χ1n) is 8.01. The second-order valence-electron chi connectivity index (χ2n) is 6.09. The van der Waals surface area contributed by atoms with E-state index in [4.69, 9.17) is 0 Å². The van der Waals surface area contributed by atoms with Crippen LogP contribution in [0.15, 0.2) is 12.4 Å². The molecule has 0 aromatic carbocycles. The lowest BCUT2D eigenvalue weighted by molar-refractivity contribution is 0.246. The highest BCUT2D eigenvalue weighted by Crippen LogP contribution is 2.32. The summed E-state index contributed by atoms with van der Waals surface area (Å²) in [6, 6.07) is 0.675. The van der Waals surface area contributed by atoms with Gasteiger partial charge in [0.2, 0.25) is 5.95 Å². The second kappa shape index (κ2) is 6.59. The zero-order chi connectivity index (χ0) is 13.8. The highest BCUT2D eigenvalue weighted by atomic mass is 15.3. The third-order valence-electron chi connectivity index (χ3n) is 4.67. The molecule has 0 amide bonds. The molecular weight excluding hydrogens is 250 g/mol. The number of imidazole rings is 1. The fourth-order valence-corrected chi connectivity index (χ4v) is 3.39. The van der Waals surface area contributed by atoms with Crippen molar-refractivity contribution in [3.8, 4) is 0 Å². The van der Waals surface area contributed by atoms with Crippen LogP contribution in [0.2, 0.25) is 0 Å². The smallest absolute Gasteiger partial charge is 0.205 e. The number of hydrogen-bond acceptors (Lipinski definition) is 4. The summed E-state index contributed by atoms with van der Waals surface area (Å²) < 4.78 is 2.39. The fourth-order valence-electron chi connectivity index (χ4n) is 3.39. The monoisotopic (exact) mass is 277 g/mol. The van der Waals surface area contributed by atoms with Crippen LogP contribution in [0.3, 0.4) is 0 Å². The molecule has 1 saturated heterocycles. The Kier molecular flexibility index (Phi) is 4.58. The molecule has 1 saturated carbocycles. The summed E-state index contributed by atoms with van der Waals surface area (Å²) in [6.07, 6.45) is 9.48. The second-order valence-corrected chi connectivity index (χ2v) is 6.09. The van der Waals surface area contributed by atoms with Crippen molar-refractivity contribution in [2.75, 3.05) is 51.2 Å². The summed E-state index contributed by atoms with van der Waals surface area (Å²) in [5, 5.41) is 3.40. The lowest BCUT2D eigenvalue weighted by atomic mass is 10.2. The fraction of sp³-hybridized carbons (Fsp3) is 0.800. The van der Waals surface area contributed by atoms with Crippen molar-refractivity contribution in [1.29, 1.82) is 0 Å². The minimum atomic E-state index is 0.675. The molecule has 112 valence electrons. The van der Waals surface area contributed by atoms with Crippen molar-refractivity contribution in [2.45, 2.75) is 31.7 Å². The zero-order valence-electron chi connectivity index (χ0n) is 12.6. The highest BCUT2D eigenvalue weighted by Gasteiger charge is 2.21. The molecule has 5 nitrogen and oxygen atoms in total. The Balaban J connectivity index is 1.56. The predicted molar refractivity (Wildman–Crippen MR) is 82.3 cm³/mol. The number of aromatic nitrogens is 2. The summed E-state index contributed by atoms with van der Waals surface area (Å²) >= 11 is 0. The Hall–Kier alpha value is -1.07. The van der Waals surface area contributed by atoms with Crippen LogP contribution < -0.4 is 10.2 Å². The molecule has 2 aliphatic rings. The quantitative estimate of drug-likeness (QED) is 0.881. The van der Waals surface area contributed by atoms with Crippen LogP contribution in [0.5, 0.6) is 0 Å². The minimum Gasteiger partial charge on any atom is -0.344 e. The van der Waals surface area contributed by atoms with E-state index in [1.165, 1.54) is 38.8 Å². The van der Waals surface area contributed by atoms with Gasteiger partial charge in [-0.15, -0.1) is 0 Å². The van der Waals surface area contributed by atoms with Gasteiger partial charge in [-0.3, -0.25) is 4.90 Å². The highest BCUT2D eigenvalue weighted by molar-refractivity contribution is 5.30. The normalized spacial score (nSPS) is 21.4. The molecule has 20 heavy (non-hydrogen) atoms. The number of nitrogens with one attached hydrogen (secondary N) is 1. The molecule has 1 aromatic heterocycles. The van der Waals surface area contributed by atoms with Crippen molar-refractivity contribution >= 4 is 5.95 Å². The topological polar surface area (TPSA) is 36.3 Å². The van der Waals surface area contributed by atoms with Gasteiger partial charge in [0.25, 0.3) is 0 Å². The lowest BCUT2D eigenvalue weighted by Crippen LogP contribution is -2.46. The molecule has 1 aromatic rings. The van der Waals surface area contributed by atoms with Gasteiger partial charge in [-0.1, -0.05) is 12.8 Å². The number of likely N-dealkylation sites (N-methyl/N-ethyl adjacent to an activating group) is 1. The van der Waals surface area contributed by atoms with Crippen molar-refractivity contribution in [1.82, 2.24) is 19.8 Å². The van der Waals surface area contributed by atoms with Crippen LogP contribution in [0, 0.1) is 0 Å². The maximum atomic E-state index is 4.58. The lowest BCUT2D eigenvalue weighted by Gasteiger charge is -2.30. The molecular formula is C15H27N5. The number of hydrogen-bond donors (Lipinski definition) is 1. The molecule has 1 aliphatic carbocycles. The van der Waals surface area contributed by atoms with E-state index >= 15 is 0 Å². The van der Waals surface area contributed by atoms with E-state index in [2.05, 4.69) is 37.9 Å². The predicted octanol–water partition coefficient (Wildman–Crippen LogP) is 1.34. The van der Waals surface area contributed by atoms with Crippen LogP contribution in [-0.4, -0.2) is 60.8 Å². The Morgan fingerprint density at radius 2 is 2.05 bits per heavy atom. The van der Waals surface area contributed by atoms with Gasteiger partial charge in [0.05, 0.1) is 0 Å². The van der Waals surface area contributed by atoms with E-state index in [0.717, 1.165) is 32.1 Å². The molecule has 3 rings (SSSR count). The number of nitrogens with zero attached hydrogens (tertiary/aromatic N) is 4. The van der Waals surface area contributed by atoms with Gasteiger partial charge in [-0.05, 0) is 12.8 Å². The average Bonchev–Trinajstić information content (AvgIpc) is 3.15. The van der Waals surface area contributed by atoms with E-state index in [-0.39, 0.29) is 0 Å². The van der Waals surface area contributed by atoms with Gasteiger partial charge >= 0.3 is 0 Å². The van der Waals surface area contributed by atoms with Crippen LogP contribution in [0.4, 0.5) is 5.95 Å². The third-order valence-corrected chi connectivity index (χ3v) is 4.67. The summed E-state index contributed by atoms with van der Waals surface area (Å²) in [6.45, 7) is 6.79. The first-order valence-corrected chi connectivity index (χ1v) is 8.01. The number of anilines is 1. The summed E-state index contributed by atoms with van der Waals surface area (Å²) in [5.74, 6) is 1.15. The zero-order valence-corrected chi connectivity index (χ0v) is 12.6. The Morgan fingerprint density at radius 1 is 1.30 bits per heavy atom. The molecule has 0 unspecified atom stereocenters. The SMILES string of the molecule is CN(CCN1CCNCC1)c1nccn1C1CCCC1. The van der Waals surface area contributed by atoms with E-state index in [9.17, 15) is 0 Å². The molecule has 0 radical (unpaired) electrons. The standard InChI is InChI=1S/C15H27N5/c1-18(12-13-19-9-6-16-7-10-19)15-17-8-11-20(15)14-4-2-3-5-14/h8,11,14,16H,2-7,9-10,12-13H2,1H3. The molecule has 1 aliphatic heterocycles. The molecule has 5 heteroatoms. The van der Waals surface area contributed by atoms with Crippen LogP contribution in [-0.2, 0) is 0 Å². The summed E-state index contributed by atoms with van der Waals surface area (Å²) in [4.78, 5) is 9.44. The van der Waals surface area contributed by atoms with Gasteiger partial charge in [-0.2, -0.15) is 0 Å². The van der Waals surface area contributed by atoms with Gasteiger partial charge in [0.15, 0.2) is 0 Å². The molecule has 2 heterocycles. The van der Waals surface area contributed by atoms with E-state index in [1.807, 2.05) is 6.20 Å². The first-order chi connectivity index (χ1) is 9.84. The average molecular weight is 277 g/mol. The molecule has 1 N–H and O–H groups in total. The first kappa shape index (κ1) is 13.9. The van der Waals surface area contributed by atoms with Crippen molar-refractivity contribution in [2.24, 2.45) is 0 Å². The summed E-state index contributed by atoms with van der Waals surface area (Å²) in [5.41, 5.74) is 0. The van der Waals surface area contributed by atoms with E-state index in [0.29, 0.717) is 6.04 Å². The number of piperazine rings is 1. The van der Waals surface area contributed by atoms with E-state index in [1.54, 1.807) is 0 Å². The van der Waals surface area contributed by atoms with Gasteiger partial charge in [-0.25, -0.2) is 4.98 Å². The minimum absolute atomic E-state index is 0.675. The summed E-state index contributed by atoms with van der Waals surface area (Å²) in [7, 11) is 2.18. The Morgan fingerprint density at radius 3 is 2.80 bits per heavy atom. The molecule has 0 spiro atoms. The molecule has 0 bridgehead atoms. The maximum Gasteiger partial charge on any atom is 0.205 e. The van der Waals surface area contributed by atoms with E-state index < -0.39 is 0 Å². The maximum absolute atomic E-state index is 4.58. The Bertz CT molecular complexity index is 404. The molecule has 0 atom stereocenters. The van der Waals surface area contributed by atoms with Gasteiger partial charge in [0.1, 0.15) is 0 Å². The largest absolute Gasteiger partial charge is 0.344 e.